The van der Waals surface area contributed by atoms with E-state index in [2.05, 4.69) is 11.1 Å². The van der Waals surface area contributed by atoms with Gasteiger partial charge in [0.15, 0.2) is 0 Å². The second kappa shape index (κ2) is 3.86. The Morgan fingerprint density at radius 1 is 1.69 bits per heavy atom. The molecule has 0 bridgehead atoms. The number of aromatic nitrogens is 1. The molecule has 0 aliphatic heterocycles. The van der Waals surface area contributed by atoms with Crippen molar-refractivity contribution < 1.29 is 4.74 Å². The van der Waals surface area contributed by atoms with E-state index in [9.17, 15) is 0 Å². The SMILES string of the molecule is COC(C)(C)c1nc(CC#N)cs1. The van der Waals surface area contributed by atoms with Crippen molar-refractivity contribution in [2.24, 2.45) is 0 Å². The first kappa shape index (κ1) is 10.2. The summed E-state index contributed by atoms with van der Waals surface area (Å²) in [5, 5.41) is 11.3. The monoisotopic (exact) mass is 196 g/mol. The van der Waals surface area contributed by atoms with Crippen molar-refractivity contribution in [3.8, 4) is 6.07 Å². The number of ether oxygens (including phenoxy) is 1. The molecule has 0 fully saturated rings. The first-order chi connectivity index (χ1) is 6.10. The van der Waals surface area contributed by atoms with E-state index in [1.165, 1.54) is 11.3 Å². The van der Waals surface area contributed by atoms with Crippen molar-refractivity contribution >= 4 is 11.3 Å². The molecule has 0 amide bonds. The van der Waals surface area contributed by atoms with Crippen LogP contribution in [0.3, 0.4) is 0 Å². The van der Waals surface area contributed by atoms with Gasteiger partial charge >= 0.3 is 0 Å². The summed E-state index contributed by atoms with van der Waals surface area (Å²) in [4.78, 5) is 4.31. The van der Waals surface area contributed by atoms with E-state index in [1.54, 1.807) is 7.11 Å². The van der Waals surface area contributed by atoms with Crippen molar-refractivity contribution in [1.29, 1.82) is 5.26 Å². The van der Waals surface area contributed by atoms with Crippen LogP contribution in [0.4, 0.5) is 0 Å². The third-order valence-electron chi connectivity index (χ3n) is 1.84. The normalized spacial score (nSPS) is 11.2. The topological polar surface area (TPSA) is 45.9 Å². The smallest absolute Gasteiger partial charge is 0.124 e. The molecule has 70 valence electrons. The number of hydrogen-bond acceptors (Lipinski definition) is 4. The molecule has 13 heavy (non-hydrogen) atoms. The highest BCUT2D eigenvalue weighted by Gasteiger charge is 2.23. The molecule has 0 spiro atoms. The van der Waals surface area contributed by atoms with Crippen LogP contribution in [-0.4, -0.2) is 12.1 Å². The van der Waals surface area contributed by atoms with Gasteiger partial charge in [0.1, 0.15) is 10.6 Å². The van der Waals surface area contributed by atoms with Gasteiger partial charge in [0, 0.05) is 12.5 Å². The molecule has 0 saturated heterocycles. The fourth-order valence-electron chi connectivity index (χ4n) is 0.833. The summed E-state index contributed by atoms with van der Waals surface area (Å²) in [6.45, 7) is 3.92. The number of methoxy groups -OCH3 is 1. The van der Waals surface area contributed by atoms with E-state index in [1.807, 2.05) is 19.2 Å². The number of hydrogen-bond donors (Lipinski definition) is 0. The molecule has 0 unspecified atom stereocenters. The molecule has 0 aliphatic carbocycles. The van der Waals surface area contributed by atoms with Crippen molar-refractivity contribution in [1.82, 2.24) is 4.98 Å². The maximum Gasteiger partial charge on any atom is 0.124 e. The van der Waals surface area contributed by atoms with Crippen molar-refractivity contribution in [2.45, 2.75) is 25.9 Å². The van der Waals surface area contributed by atoms with Crippen LogP contribution in [0.2, 0.25) is 0 Å². The lowest BCUT2D eigenvalue weighted by molar-refractivity contribution is 0.0189. The number of nitrogens with zero attached hydrogens (tertiary/aromatic N) is 2. The van der Waals surface area contributed by atoms with E-state index in [0.29, 0.717) is 6.42 Å². The third kappa shape index (κ3) is 2.27. The van der Waals surface area contributed by atoms with Crippen LogP contribution in [0.1, 0.15) is 24.5 Å². The van der Waals surface area contributed by atoms with Crippen LogP contribution in [0, 0.1) is 11.3 Å². The summed E-state index contributed by atoms with van der Waals surface area (Å²) in [6, 6.07) is 2.07. The third-order valence-corrected chi connectivity index (χ3v) is 3.03. The Kier molecular flexibility index (Phi) is 3.02. The molecule has 1 rings (SSSR count). The summed E-state index contributed by atoms with van der Waals surface area (Å²) < 4.78 is 5.28. The summed E-state index contributed by atoms with van der Waals surface area (Å²) >= 11 is 1.53. The van der Waals surface area contributed by atoms with Crippen LogP contribution >= 0.6 is 11.3 Å². The zero-order valence-electron chi connectivity index (χ0n) is 8.00. The Morgan fingerprint density at radius 3 is 2.92 bits per heavy atom. The molecule has 1 aromatic heterocycles. The quantitative estimate of drug-likeness (QED) is 0.743. The number of nitriles is 1. The van der Waals surface area contributed by atoms with Gasteiger partial charge in [-0.25, -0.2) is 4.98 Å². The van der Waals surface area contributed by atoms with E-state index < -0.39 is 0 Å². The molecule has 0 N–H and O–H groups in total. The van der Waals surface area contributed by atoms with Crippen LogP contribution < -0.4 is 0 Å². The second-order valence-corrected chi connectivity index (χ2v) is 4.05. The average molecular weight is 196 g/mol. The molecule has 3 nitrogen and oxygen atoms in total. The van der Waals surface area contributed by atoms with Gasteiger partial charge in [-0.05, 0) is 13.8 Å². The van der Waals surface area contributed by atoms with E-state index in [-0.39, 0.29) is 5.60 Å². The van der Waals surface area contributed by atoms with Gasteiger partial charge < -0.3 is 4.74 Å². The summed E-state index contributed by atoms with van der Waals surface area (Å²) in [7, 11) is 1.66. The lowest BCUT2D eigenvalue weighted by Gasteiger charge is -2.19. The van der Waals surface area contributed by atoms with Gasteiger partial charge in [0.05, 0.1) is 18.2 Å². The fraction of sp³-hybridized carbons (Fsp3) is 0.556. The zero-order valence-corrected chi connectivity index (χ0v) is 8.81. The fourth-order valence-corrected chi connectivity index (χ4v) is 1.75. The number of thiazole rings is 1. The van der Waals surface area contributed by atoms with E-state index in [0.717, 1.165) is 10.7 Å². The minimum atomic E-state index is -0.349. The van der Waals surface area contributed by atoms with Gasteiger partial charge in [-0.1, -0.05) is 0 Å². The van der Waals surface area contributed by atoms with Crippen LogP contribution in [0.15, 0.2) is 5.38 Å². The van der Waals surface area contributed by atoms with E-state index in [4.69, 9.17) is 10.00 Å². The Balaban J connectivity index is 2.86. The van der Waals surface area contributed by atoms with E-state index >= 15 is 0 Å². The molecule has 0 atom stereocenters. The lowest BCUT2D eigenvalue weighted by atomic mass is 10.1. The molecule has 0 saturated carbocycles. The summed E-state index contributed by atoms with van der Waals surface area (Å²) in [6.07, 6.45) is 0.371. The van der Waals surface area contributed by atoms with Gasteiger partial charge in [-0.3, -0.25) is 0 Å². The maximum atomic E-state index is 8.47. The molecule has 4 heteroatoms. The molecular weight excluding hydrogens is 184 g/mol. The Hall–Kier alpha value is -0.920. The predicted molar refractivity (Wildman–Crippen MR) is 51.5 cm³/mol. The lowest BCUT2D eigenvalue weighted by Crippen LogP contribution is -2.19. The molecule has 0 radical (unpaired) electrons. The highest BCUT2D eigenvalue weighted by molar-refractivity contribution is 7.09. The van der Waals surface area contributed by atoms with Gasteiger partial charge in [-0.15, -0.1) is 11.3 Å². The summed E-state index contributed by atoms with van der Waals surface area (Å²) in [5.41, 5.74) is 0.478. The first-order valence-electron chi connectivity index (χ1n) is 3.97. The van der Waals surface area contributed by atoms with Gasteiger partial charge in [0.2, 0.25) is 0 Å². The Labute approximate surface area is 82.0 Å². The maximum absolute atomic E-state index is 8.47. The van der Waals surface area contributed by atoms with Gasteiger partial charge in [-0.2, -0.15) is 5.26 Å². The van der Waals surface area contributed by atoms with Gasteiger partial charge in [0.25, 0.3) is 0 Å². The average Bonchev–Trinajstić information content (AvgIpc) is 2.54. The standard InChI is InChI=1S/C9H12N2OS/c1-9(2,12-3)8-11-7(4-5-10)6-13-8/h6H,4H2,1-3H3. The van der Waals surface area contributed by atoms with Crippen LogP contribution in [0.25, 0.3) is 0 Å². The highest BCUT2D eigenvalue weighted by atomic mass is 32.1. The van der Waals surface area contributed by atoms with Crippen molar-refractivity contribution in [3.63, 3.8) is 0 Å². The highest BCUT2D eigenvalue weighted by Crippen LogP contribution is 2.26. The van der Waals surface area contributed by atoms with Crippen molar-refractivity contribution in [3.05, 3.63) is 16.1 Å². The zero-order chi connectivity index (χ0) is 9.90. The van der Waals surface area contributed by atoms with Crippen LogP contribution in [0.5, 0.6) is 0 Å². The summed E-state index contributed by atoms with van der Waals surface area (Å²) in [5.74, 6) is 0. The minimum absolute atomic E-state index is 0.349. The molecule has 1 heterocycles. The second-order valence-electron chi connectivity index (χ2n) is 3.19. The Bertz CT molecular complexity index is 325. The molecule has 1 aromatic rings. The molecule has 0 aliphatic rings. The first-order valence-corrected chi connectivity index (χ1v) is 4.85. The molecule has 0 aromatic carbocycles. The molecular formula is C9H12N2OS. The predicted octanol–water partition coefficient (Wildman–Crippen LogP) is 2.09. The largest absolute Gasteiger partial charge is 0.372 e. The minimum Gasteiger partial charge on any atom is -0.372 e. The number of rotatable bonds is 3. The van der Waals surface area contributed by atoms with Crippen LogP contribution in [-0.2, 0) is 16.8 Å². The van der Waals surface area contributed by atoms with Crippen molar-refractivity contribution in [2.75, 3.05) is 7.11 Å². The Morgan fingerprint density at radius 2 is 2.38 bits per heavy atom.